The zero-order chi connectivity index (χ0) is 16.4. The molecular formula is C18H18BrNO2S. The summed E-state index contributed by atoms with van der Waals surface area (Å²) < 4.78 is 6.67. The van der Waals surface area contributed by atoms with E-state index >= 15 is 0 Å². The second kappa shape index (κ2) is 6.97. The number of hydrogen-bond donors (Lipinski definition) is 1. The normalized spacial score (nSPS) is 16.4. The minimum absolute atomic E-state index is 0.0268. The lowest BCUT2D eigenvalue weighted by atomic mass is 9.99. The standard InChI is InChI=1S/C18H18BrNO2S/c1-11-3-5-13(23-2)10-14(11)18(21)20-16-7-8-22-17-6-4-12(19)9-15(16)17/h3-6,9-10,16H,7-8H2,1-2H3,(H,20,21). The second-order valence-corrected chi connectivity index (χ2v) is 7.32. The van der Waals surface area contributed by atoms with Crippen molar-refractivity contribution in [3.8, 4) is 5.75 Å². The summed E-state index contributed by atoms with van der Waals surface area (Å²) in [5.41, 5.74) is 2.75. The molecular weight excluding hydrogens is 374 g/mol. The molecule has 0 spiro atoms. The van der Waals surface area contributed by atoms with E-state index in [1.807, 2.05) is 49.6 Å². The molecule has 5 heteroatoms. The van der Waals surface area contributed by atoms with Crippen molar-refractivity contribution in [2.24, 2.45) is 0 Å². The molecule has 2 aromatic rings. The first-order chi connectivity index (χ1) is 11.1. The van der Waals surface area contributed by atoms with Gasteiger partial charge in [-0.15, -0.1) is 11.8 Å². The SMILES string of the molecule is CSc1ccc(C)c(C(=O)NC2CCOc3ccc(Br)cc32)c1. The number of thioether (sulfide) groups is 1. The smallest absolute Gasteiger partial charge is 0.252 e. The molecule has 3 rings (SSSR count). The summed E-state index contributed by atoms with van der Waals surface area (Å²) in [4.78, 5) is 13.8. The van der Waals surface area contributed by atoms with Crippen LogP contribution in [-0.4, -0.2) is 18.8 Å². The first kappa shape index (κ1) is 16.4. The van der Waals surface area contributed by atoms with Gasteiger partial charge in [-0.3, -0.25) is 4.79 Å². The Hall–Kier alpha value is -1.46. The average Bonchev–Trinajstić information content (AvgIpc) is 2.55. The summed E-state index contributed by atoms with van der Waals surface area (Å²) in [5.74, 6) is 0.815. The molecule has 1 amide bonds. The molecule has 0 aromatic heterocycles. The van der Waals surface area contributed by atoms with E-state index < -0.39 is 0 Å². The van der Waals surface area contributed by atoms with E-state index in [-0.39, 0.29) is 11.9 Å². The highest BCUT2D eigenvalue weighted by molar-refractivity contribution is 9.10. The van der Waals surface area contributed by atoms with Crippen molar-refractivity contribution in [1.82, 2.24) is 5.32 Å². The number of benzene rings is 2. The Morgan fingerprint density at radius 3 is 2.91 bits per heavy atom. The van der Waals surface area contributed by atoms with Crippen LogP contribution >= 0.6 is 27.7 Å². The van der Waals surface area contributed by atoms with Crippen LogP contribution < -0.4 is 10.1 Å². The third-order valence-electron chi connectivity index (χ3n) is 4.01. The molecule has 0 radical (unpaired) electrons. The van der Waals surface area contributed by atoms with Gasteiger partial charge in [0.05, 0.1) is 12.6 Å². The fourth-order valence-corrected chi connectivity index (χ4v) is 3.54. The largest absolute Gasteiger partial charge is 0.493 e. The second-order valence-electron chi connectivity index (χ2n) is 5.53. The van der Waals surface area contributed by atoms with Gasteiger partial charge in [-0.2, -0.15) is 0 Å². The summed E-state index contributed by atoms with van der Waals surface area (Å²) in [7, 11) is 0. The number of fused-ring (bicyclic) bond motifs is 1. The molecule has 1 aliphatic rings. The number of ether oxygens (including phenoxy) is 1. The highest BCUT2D eigenvalue weighted by Crippen LogP contribution is 2.34. The van der Waals surface area contributed by atoms with Gasteiger partial charge in [-0.1, -0.05) is 22.0 Å². The first-order valence-corrected chi connectivity index (χ1v) is 9.48. The number of aryl methyl sites for hydroxylation is 1. The maximum Gasteiger partial charge on any atom is 0.252 e. The Balaban J connectivity index is 1.86. The molecule has 1 unspecified atom stereocenters. The molecule has 0 bridgehead atoms. The van der Waals surface area contributed by atoms with Crippen molar-refractivity contribution in [3.05, 3.63) is 57.6 Å². The van der Waals surface area contributed by atoms with Crippen LogP contribution in [0.2, 0.25) is 0 Å². The molecule has 1 N–H and O–H groups in total. The van der Waals surface area contributed by atoms with Crippen molar-refractivity contribution in [2.75, 3.05) is 12.9 Å². The lowest BCUT2D eigenvalue weighted by molar-refractivity contribution is 0.0924. The number of nitrogens with one attached hydrogen (secondary N) is 1. The van der Waals surface area contributed by atoms with Crippen LogP contribution in [0.1, 0.15) is 33.9 Å². The number of halogens is 1. The van der Waals surface area contributed by atoms with Gasteiger partial charge in [-0.25, -0.2) is 0 Å². The third kappa shape index (κ3) is 3.56. The number of carbonyl (C=O) groups excluding carboxylic acids is 1. The fraction of sp³-hybridized carbons (Fsp3) is 0.278. The Morgan fingerprint density at radius 2 is 2.13 bits per heavy atom. The minimum atomic E-state index is -0.0313. The van der Waals surface area contributed by atoms with E-state index in [2.05, 4.69) is 21.2 Å². The molecule has 3 nitrogen and oxygen atoms in total. The molecule has 0 fully saturated rings. The number of amides is 1. The van der Waals surface area contributed by atoms with Crippen LogP contribution in [0.4, 0.5) is 0 Å². The van der Waals surface area contributed by atoms with Gasteiger partial charge >= 0.3 is 0 Å². The topological polar surface area (TPSA) is 38.3 Å². The maximum absolute atomic E-state index is 12.7. The van der Waals surface area contributed by atoms with Gasteiger partial charge in [0.2, 0.25) is 0 Å². The molecule has 1 heterocycles. The number of rotatable bonds is 3. The van der Waals surface area contributed by atoms with Crippen molar-refractivity contribution in [2.45, 2.75) is 24.3 Å². The van der Waals surface area contributed by atoms with E-state index in [4.69, 9.17) is 4.74 Å². The summed E-state index contributed by atoms with van der Waals surface area (Å²) in [6, 6.07) is 11.9. The number of hydrogen-bond acceptors (Lipinski definition) is 3. The Kier molecular flexibility index (Phi) is 4.97. The lowest BCUT2D eigenvalue weighted by Gasteiger charge is -2.27. The van der Waals surface area contributed by atoms with E-state index in [1.165, 1.54) is 0 Å². The van der Waals surface area contributed by atoms with Crippen molar-refractivity contribution < 1.29 is 9.53 Å². The van der Waals surface area contributed by atoms with E-state index in [9.17, 15) is 4.79 Å². The van der Waals surface area contributed by atoms with Gasteiger partial charge < -0.3 is 10.1 Å². The highest BCUT2D eigenvalue weighted by Gasteiger charge is 2.24. The summed E-state index contributed by atoms with van der Waals surface area (Å²) in [6.07, 6.45) is 2.79. The van der Waals surface area contributed by atoms with Gasteiger partial charge in [0.25, 0.3) is 5.91 Å². The van der Waals surface area contributed by atoms with Crippen molar-refractivity contribution >= 4 is 33.6 Å². The van der Waals surface area contributed by atoms with Crippen LogP contribution in [0.5, 0.6) is 5.75 Å². The maximum atomic E-state index is 12.7. The summed E-state index contributed by atoms with van der Waals surface area (Å²) in [5, 5.41) is 3.16. The van der Waals surface area contributed by atoms with Crippen LogP contribution in [0.3, 0.4) is 0 Å². The van der Waals surface area contributed by atoms with Crippen LogP contribution in [0, 0.1) is 6.92 Å². The summed E-state index contributed by atoms with van der Waals surface area (Å²) in [6.45, 7) is 2.58. The molecule has 2 aromatic carbocycles. The predicted molar refractivity (Wildman–Crippen MR) is 97.4 cm³/mol. The molecule has 120 valence electrons. The van der Waals surface area contributed by atoms with Gasteiger partial charge in [0.1, 0.15) is 5.75 Å². The van der Waals surface area contributed by atoms with Gasteiger partial charge in [0.15, 0.2) is 0 Å². The Morgan fingerprint density at radius 1 is 1.30 bits per heavy atom. The van der Waals surface area contributed by atoms with Gasteiger partial charge in [-0.05, 0) is 49.1 Å². The fourth-order valence-electron chi connectivity index (χ4n) is 2.72. The Bertz CT molecular complexity index is 748. The number of carbonyl (C=O) groups is 1. The molecule has 0 saturated carbocycles. The molecule has 0 aliphatic carbocycles. The van der Waals surface area contributed by atoms with Crippen LogP contribution in [0.15, 0.2) is 45.8 Å². The lowest BCUT2D eigenvalue weighted by Crippen LogP contribution is -2.32. The van der Waals surface area contributed by atoms with Crippen LogP contribution in [-0.2, 0) is 0 Å². The minimum Gasteiger partial charge on any atom is -0.493 e. The Labute approximate surface area is 148 Å². The van der Waals surface area contributed by atoms with Crippen molar-refractivity contribution in [3.63, 3.8) is 0 Å². The summed E-state index contributed by atoms with van der Waals surface area (Å²) >= 11 is 5.13. The monoisotopic (exact) mass is 391 g/mol. The van der Waals surface area contributed by atoms with Crippen molar-refractivity contribution in [1.29, 1.82) is 0 Å². The first-order valence-electron chi connectivity index (χ1n) is 7.46. The van der Waals surface area contributed by atoms with E-state index in [0.29, 0.717) is 6.61 Å². The van der Waals surface area contributed by atoms with Crippen LogP contribution in [0.25, 0.3) is 0 Å². The molecule has 1 atom stereocenters. The average molecular weight is 392 g/mol. The molecule has 1 aliphatic heterocycles. The molecule has 0 saturated heterocycles. The predicted octanol–water partition coefficient (Wildman–Crippen LogP) is 4.73. The third-order valence-corrected chi connectivity index (χ3v) is 5.22. The van der Waals surface area contributed by atoms with E-state index in [1.54, 1.807) is 11.8 Å². The van der Waals surface area contributed by atoms with Gasteiger partial charge in [0, 0.05) is 26.9 Å². The highest BCUT2D eigenvalue weighted by atomic mass is 79.9. The zero-order valence-corrected chi connectivity index (χ0v) is 15.5. The quantitative estimate of drug-likeness (QED) is 0.768. The zero-order valence-electron chi connectivity index (χ0n) is 13.1. The van der Waals surface area contributed by atoms with E-state index in [0.717, 1.165) is 38.2 Å². The molecule has 23 heavy (non-hydrogen) atoms.